The van der Waals surface area contributed by atoms with E-state index in [1.54, 1.807) is 20.9 Å². The van der Waals surface area contributed by atoms with Gasteiger partial charge in [-0.1, -0.05) is 72.7 Å². The number of carbonyl (C=O) groups excluding carboxylic acids is 2. The average Bonchev–Trinajstić information content (AvgIpc) is 3.58. The molecule has 1 aromatic carbocycles. The van der Waals surface area contributed by atoms with Crippen LogP contribution in [0.15, 0.2) is 42.2 Å². The Morgan fingerprint density at radius 1 is 1.13 bits per heavy atom. The molecule has 1 fully saturated rings. The van der Waals surface area contributed by atoms with Crippen LogP contribution < -0.4 is 0 Å². The number of aryl methyl sites for hydroxylation is 1. The van der Waals surface area contributed by atoms with Crippen LogP contribution in [0.1, 0.15) is 90.1 Å². The van der Waals surface area contributed by atoms with Gasteiger partial charge in [0.05, 0.1) is 34.4 Å². The lowest BCUT2D eigenvalue weighted by Gasteiger charge is -2.35. The quantitative estimate of drug-likeness (QED) is 0.394. The number of ketones is 1. The summed E-state index contributed by atoms with van der Waals surface area (Å²) in [6.45, 7) is 16.6. The topological polar surface area (TPSA) is 88.3 Å². The molecule has 7 nitrogen and oxygen atoms in total. The summed E-state index contributed by atoms with van der Waals surface area (Å²) < 4.78 is 1.74. The van der Waals surface area contributed by atoms with Gasteiger partial charge in [0.25, 0.3) is 0 Å². The summed E-state index contributed by atoms with van der Waals surface area (Å²) in [6, 6.07) is 7.06. The first kappa shape index (κ1) is 29.2. The van der Waals surface area contributed by atoms with Gasteiger partial charge in [0.2, 0.25) is 5.91 Å². The Bertz CT molecular complexity index is 1310. The van der Waals surface area contributed by atoms with Crippen LogP contribution >= 0.6 is 11.3 Å². The van der Waals surface area contributed by atoms with Gasteiger partial charge < -0.3 is 10.0 Å². The summed E-state index contributed by atoms with van der Waals surface area (Å²) in [6.07, 6.45) is 3.61. The number of β-amino-alcohol motifs (C(OH)–C–C–N with tert-alkyl or cyclic N) is 1. The van der Waals surface area contributed by atoms with Crippen molar-refractivity contribution in [2.24, 2.45) is 5.41 Å². The Hall–Kier alpha value is -2.84. The average molecular weight is 551 g/mol. The molecule has 4 unspecified atom stereocenters. The van der Waals surface area contributed by atoms with Crippen molar-refractivity contribution < 1.29 is 14.7 Å². The first-order valence-electron chi connectivity index (χ1n) is 13.7. The summed E-state index contributed by atoms with van der Waals surface area (Å²) in [4.78, 5) is 34.7. The highest BCUT2D eigenvalue weighted by Gasteiger charge is 2.45. The van der Waals surface area contributed by atoms with Gasteiger partial charge in [-0.3, -0.25) is 14.3 Å². The van der Waals surface area contributed by atoms with Gasteiger partial charge in [-0.15, -0.1) is 11.3 Å². The zero-order chi connectivity index (χ0) is 28.7. The number of nitrogens with zero attached hydrogens (tertiary/aromatic N) is 4. The van der Waals surface area contributed by atoms with Crippen molar-refractivity contribution in [2.45, 2.75) is 97.8 Å². The first-order valence-corrected chi connectivity index (χ1v) is 14.6. The van der Waals surface area contributed by atoms with Gasteiger partial charge >= 0.3 is 0 Å². The van der Waals surface area contributed by atoms with Gasteiger partial charge in [0, 0.05) is 25.6 Å². The Morgan fingerprint density at radius 3 is 2.33 bits per heavy atom. The number of hydrogen-bond acceptors (Lipinski definition) is 6. The van der Waals surface area contributed by atoms with Crippen molar-refractivity contribution in [3.05, 3.63) is 59.0 Å². The second-order valence-electron chi connectivity index (χ2n) is 13.1. The van der Waals surface area contributed by atoms with E-state index in [4.69, 9.17) is 0 Å². The highest BCUT2D eigenvalue weighted by Crippen LogP contribution is 2.36. The number of aliphatic hydroxyl groups excluding tert-OH is 1. The van der Waals surface area contributed by atoms with E-state index in [-0.39, 0.29) is 36.0 Å². The maximum absolute atomic E-state index is 14.0. The number of benzene rings is 1. The SMILES string of the molecule is Cc1ncsc1-c1ccc(C(C)CC(=O)C2CC(O)CN2C(=O)C(n2cc(C(C)(C)C)cn2)C(C)(C)C)cc1. The molecular formula is C31H42N4O3S. The second kappa shape index (κ2) is 11.0. The van der Waals surface area contributed by atoms with Crippen molar-refractivity contribution in [2.75, 3.05) is 6.54 Å². The fourth-order valence-corrected chi connectivity index (χ4v) is 6.18. The number of likely N-dealkylation sites (tertiary alicyclic amines) is 1. The number of hydrogen-bond donors (Lipinski definition) is 1. The highest BCUT2D eigenvalue weighted by atomic mass is 32.1. The summed E-state index contributed by atoms with van der Waals surface area (Å²) in [5.74, 6) is -0.196. The molecule has 1 N–H and O–H groups in total. The van der Waals surface area contributed by atoms with Gasteiger partial charge in [-0.05, 0) is 40.4 Å². The maximum atomic E-state index is 14.0. The van der Waals surface area contributed by atoms with Crippen molar-refractivity contribution in [3.8, 4) is 10.4 Å². The lowest BCUT2D eigenvalue weighted by atomic mass is 9.85. The van der Waals surface area contributed by atoms with E-state index in [0.717, 1.165) is 27.3 Å². The standard InChI is InChI=1S/C31H42N4O3S/c1-19(21-9-11-22(12-10-21)27-20(2)32-18-39-27)13-26(37)25-14-24(36)17-34(25)29(38)28(31(6,7)8)35-16-23(15-33-35)30(3,4)5/h9-12,15-16,18-19,24-25,28,36H,13-14,17H2,1-8H3. The summed E-state index contributed by atoms with van der Waals surface area (Å²) in [5, 5.41) is 15.1. The van der Waals surface area contributed by atoms with E-state index in [1.807, 2.05) is 52.5 Å². The molecule has 0 radical (unpaired) electrons. The van der Waals surface area contributed by atoms with E-state index < -0.39 is 23.6 Å². The van der Waals surface area contributed by atoms with Gasteiger partial charge in [-0.25, -0.2) is 4.98 Å². The third kappa shape index (κ3) is 6.33. The lowest BCUT2D eigenvalue weighted by Crippen LogP contribution is -2.47. The third-order valence-electron chi connectivity index (χ3n) is 7.71. The Kier molecular flexibility index (Phi) is 8.20. The molecule has 0 spiro atoms. The number of carbonyl (C=O) groups is 2. The number of rotatable bonds is 7. The van der Waals surface area contributed by atoms with Gasteiger partial charge in [-0.2, -0.15) is 5.10 Å². The molecule has 39 heavy (non-hydrogen) atoms. The highest BCUT2D eigenvalue weighted by molar-refractivity contribution is 7.13. The maximum Gasteiger partial charge on any atom is 0.248 e. The molecule has 4 rings (SSSR count). The number of thiazole rings is 1. The van der Waals surface area contributed by atoms with Gasteiger partial charge in [0.1, 0.15) is 6.04 Å². The number of aromatic nitrogens is 3. The van der Waals surface area contributed by atoms with E-state index in [0.29, 0.717) is 6.42 Å². The molecule has 3 aromatic rings. The molecule has 210 valence electrons. The Labute approximate surface area is 236 Å². The van der Waals surface area contributed by atoms with Crippen molar-refractivity contribution in [1.29, 1.82) is 0 Å². The van der Waals surface area contributed by atoms with Crippen LogP contribution in [-0.2, 0) is 15.0 Å². The molecule has 8 heteroatoms. The van der Waals surface area contributed by atoms with Gasteiger partial charge in [0.15, 0.2) is 5.78 Å². The minimum absolute atomic E-state index is 0.0114. The van der Waals surface area contributed by atoms with Crippen LogP contribution in [0.3, 0.4) is 0 Å². The largest absolute Gasteiger partial charge is 0.391 e. The molecule has 1 amide bonds. The Balaban J connectivity index is 1.52. The van der Waals surface area contributed by atoms with Crippen molar-refractivity contribution in [1.82, 2.24) is 19.7 Å². The predicted molar refractivity (Wildman–Crippen MR) is 156 cm³/mol. The molecule has 3 heterocycles. The van der Waals surface area contributed by atoms with E-state index >= 15 is 0 Å². The summed E-state index contributed by atoms with van der Waals surface area (Å²) in [7, 11) is 0. The Morgan fingerprint density at radius 2 is 1.79 bits per heavy atom. The smallest absolute Gasteiger partial charge is 0.248 e. The van der Waals surface area contributed by atoms with Crippen LogP contribution in [0.4, 0.5) is 0 Å². The first-order chi connectivity index (χ1) is 18.2. The van der Waals surface area contributed by atoms with Crippen LogP contribution in [0.2, 0.25) is 0 Å². The monoisotopic (exact) mass is 550 g/mol. The molecule has 1 aliphatic heterocycles. The lowest BCUT2D eigenvalue weighted by molar-refractivity contribution is -0.143. The number of aliphatic hydroxyl groups is 1. The predicted octanol–water partition coefficient (Wildman–Crippen LogP) is 5.92. The minimum atomic E-state index is -0.719. The van der Waals surface area contributed by atoms with Crippen LogP contribution in [0, 0.1) is 12.3 Å². The zero-order valence-corrected chi connectivity index (χ0v) is 25.2. The van der Waals surface area contributed by atoms with E-state index in [2.05, 4.69) is 55.1 Å². The molecule has 0 saturated carbocycles. The minimum Gasteiger partial charge on any atom is -0.391 e. The molecular weight excluding hydrogens is 508 g/mol. The normalized spacial score (nSPS) is 19.8. The fraction of sp³-hybridized carbons (Fsp3) is 0.548. The third-order valence-corrected chi connectivity index (χ3v) is 8.69. The van der Waals surface area contributed by atoms with Crippen LogP contribution in [0.5, 0.6) is 0 Å². The summed E-state index contributed by atoms with van der Waals surface area (Å²) >= 11 is 1.62. The molecule has 2 aromatic heterocycles. The number of Topliss-reactive ketones (excluding diaryl/α,β-unsaturated/α-hetero) is 1. The second-order valence-corrected chi connectivity index (χ2v) is 13.9. The molecule has 1 aliphatic rings. The van der Waals surface area contributed by atoms with Crippen LogP contribution in [0.25, 0.3) is 10.4 Å². The molecule has 0 aliphatic carbocycles. The number of amides is 1. The molecule has 4 atom stereocenters. The van der Waals surface area contributed by atoms with Crippen LogP contribution in [-0.4, -0.2) is 55.2 Å². The fourth-order valence-electron chi connectivity index (χ4n) is 5.36. The van der Waals surface area contributed by atoms with E-state index in [1.165, 1.54) is 0 Å². The van der Waals surface area contributed by atoms with Crippen molar-refractivity contribution in [3.63, 3.8) is 0 Å². The van der Waals surface area contributed by atoms with E-state index in [9.17, 15) is 14.7 Å². The van der Waals surface area contributed by atoms with Crippen molar-refractivity contribution >= 4 is 23.0 Å². The zero-order valence-electron chi connectivity index (χ0n) is 24.4. The molecule has 0 bridgehead atoms. The summed E-state index contributed by atoms with van der Waals surface area (Å²) in [5.41, 5.74) is 5.56. The molecule has 1 saturated heterocycles.